The van der Waals surface area contributed by atoms with Gasteiger partial charge in [-0.1, -0.05) is 23.7 Å². The van der Waals surface area contributed by atoms with Crippen LogP contribution in [0, 0.1) is 18.8 Å². The number of aryl methyl sites for hydroxylation is 1. The molecular formula is C15H18ClNO4. The Hall–Kier alpha value is -1.59. The molecule has 21 heavy (non-hydrogen) atoms. The van der Waals surface area contributed by atoms with Gasteiger partial charge >= 0.3 is 11.9 Å². The highest BCUT2D eigenvalue weighted by molar-refractivity contribution is 6.31. The quantitative estimate of drug-likeness (QED) is 0.892. The molecule has 2 atom stereocenters. The fourth-order valence-corrected chi connectivity index (χ4v) is 3.03. The van der Waals surface area contributed by atoms with Gasteiger partial charge in [0.2, 0.25) is 0 Å². The number of hydrogen-bond acceptors (Lipinski definition) is 3. The lowest BCUT2D eigenvalue weighted by Crippen LogP contribution is -2.46. The lowest BCUT2D eigenvalue weighted by Gasteiger charge is -2.34. The lowest BCUT2D eigenvalue weighted by atomic mass is 9.85. The van der Waals surface area contributed by atoms with Crippen LogP contribution >= 0.6 is 11.6 Å². The van der Waals surface area contributed by atoms with Crippen molar-refractivity contribution in [2.24, 2.45) is 11.8 Å². The molecule has 6 heteroatoms. The van der Waals surface area contributed by atoms with Gasteiger partial charge < -0.3 is 10.2 Å². The van der Waals surface area contributed by atoms with Crippen LogP contribution in [-0.4, -0.2) is 40.1 Å². The Morgan fingerprint density at radius 1 is 1.29 bits per heavy atom. The van der Waals surface area contributed by atoms with Gasteiger partial charge in [0, 0.05) is 18.1 Å². The van der Waals surface area contributed by atoms with E-state index in [9.17, 15) is 14.7 Å². The summed E-state index contributed by atoms with van der Waals surface area (Å²) in [5.41, 5.74) is 2.00. The second-order valence-electron chi connectivity index (χ2n) is 5.51. The smallest absolute Gasteiger partial charge is 0.308 e. The van der Waals surface area contributed by atoms with E-state index in [-0.39, 0.29) is 6.54 Å². The molecule has 0 radical (unpaired) electrons. The largest absolute Gasteiger partial charge is 0.481 e. The molecule has 1 aromatic rings. The molecule has 0 spiro atoms. The van der Waals surface area contributed by atoms with Crippen LogP contribution < -0.4 is 0 Å². The molecule has 114 valence electrons. The van der Waals surface area contributed by atoms with Crippen molar-refractivity contribution in [1.29, 1.82) is 0 Å². The summed E-state index contributed by atoms with van der Waals surface area (Å²) in [7, 11) is 0. The number of nitrogens with zero attached hydrogens (tertiary/aromatic N) is 1. The van der Waals surface area contributed by atoms with Crippen molar-refractivity contribution in [2.75, 3.05) is 13.1 Å². The van der Waals surface area contributed by atoms with Crippen molar-refractivity contribution >= 4 is 23.5 Å². The summed E-state index contributed by atoms with van der Waals surface area (Å²) in [5.74, 6) is -3.77. The maximum atomic E-state index is 11.3. The zero-order valence-electron chi connectivity index (χ0n) is 11.8. The van der Waals surface area contributed by atoms with E-state index in [1.165, 1.54) is 0 Å². The Labute approximate surface area is 128 Å². The SMILES string of the molecule is Cc1ccc(CN2CCC(C(=O)O)C(C(=O)O)C2)c(Cl)c1. The van der Waals surface area contributed by atoms with Gasteiger partial charge in [0.1, 0.15) is 0 Å². The van der Waals surface area contributed by atoms with Crippen LogP contribution in [0.1, 0.15) is 17.5 Å². The van der Waals surface area contributed by atoms with Crippen LogP contribution in [0.3, 0.4) is 0 Å². The van der Waals surface area contributed by atoms with Crippen LogP contribution in [0.25, 0.3) is 0 Å². The van der Waals surface area contributed by atoms with Gasteiger partial charge in [-0.15, -0.1) is 0 Å². The molecule has 1 aliphatic heterocycles. The van der Waals surface area contributed by atoms with E-state index >= 15 is 0 Å². The Balaban J connectivity index is 2.09. The number of carboxylic acids is 2. The molecule has 1 aliphatic rings. The maximum Gasteiger partial charge on any atom is 0.308 e. The molecule has 5 nitrogen and oxygen atoms in total. The fraction of sp³-hybridized carbons (Fsp3) is 0.467. The van der Waals surface area contributed by atoms with E-state index < -0.39 is 23.8 Å². The minimum atomic E-state index is -1.05. The van der Waals surface area contributed by atoms with Gasteiger partial charge in [0.25, 0.3) is 0 Å². The number of carboxylic acid groups (broad SMARTS) is 2. The highest BCUT2D eigenvalue weighted by Gasteiger charge is 2.38. The van der Waals surface area contributed by atoms with Gasteiger partial charge in [-0.3, -0.25) is 14.5 Å². The topological polar surface area (TPSA) is 77.8 Å². The van der Waals surface area contributed by atoms with Gasteiger partial charge in [0.05, 0.1) is 11.8 Å². The summed E-state index contributed by atoms with van der Waals surface area (Å²) in [6.45, 7) is 3.28. The Kier molecular flexibility index (Phi) is 4.85. The van der Waals surface area contributed by atoms with Crippen LogP contribution in [0.15, 0.2) is 18.2 Å². The molecule has 2 N–H and O–H groups in total. The average Bonchev–Trinajstić information content (AvgIpc) is 2.41. The normalized spacial score (nSPS) is 23.0. The molecule has 1 fully saturated rings. The minimum absolute atomic E-state index is 0.233. The number of likely N-dealkylation sites (tertiary alicyclic amines) is 1. The third kappa shape index (κ3) is 3.74. The van der Waals surface area contributed by atoms with Crippen molar-refractivity contribution in [3.05, 3.63) is 34.3 Å². The number of carbonyl (C=O) groups is 2. The molecule has 0 aliphatic carbocycles. The third-order valence-electron chi connectivity index (χ3n) is 3.93. The first-order chi connectivity index (χ1) is 9.88. The van der Waals surface area contributed by atoms with E-state index in [4.69, 9.17) is 16.7 Å². The molecule has 1 saturated heterocycles. The summed E-state index contributed by atoms with van der Waals surface area (Å²) in [4.78, 5) is 24.3. The number of rotatable bonds is 4. The van der Waals surface area contributed by atoms with Crippen LogP contribution in [0.5, 0.6) is 0 Å². The molecule has 0 aromatic heterocycles. The second kappa shape index (κ2) is 6.45. The van der Waals surface area contributed by atoms with Crippen molar-refractivity contribution in [1.82, 2.24) is 4.90 Å². The molecule has 0 amide bonds. The Morgan fingerprint density at radius 2 is 1.95 bits per heavy atom. The number of piperidine rings is 1. The maximum absolute atomic E-state index is 11.3. The fourth-order valence-electron chi connectivity index (χ4n) is 2.73. The minimum Gasteiger partial charge on any atom is -0.481 e. The number of halogens is 1. The van der Waals surface area contributed by atoms with E-state index in [0.717, 1.165) is 11.1 Å². The van der Waals surface area contributed by atoms with Crippen molar-refractivity contribution in [3.8, 4) is 0 Å². The number of aliphatic carboxylic acids is 2. The number of benzene rings is 1. The van der Waals surface area contributed by atoms with Crippen molar-refractivity contribution in [2.45, 2.75) is 19.9 Å². The van der Waals surface area contributed by atoms with Gasteiger partial charge in [-0.2, -0.15) is 0 Å². The first kappa shape index (κ1) is 15.8. The molecule has 0 bridgehead atoms. The van der Waals surface area contributed by atoms with E-state index in [1.54, 1.807) is 0 Å². The average molecular weight is 312 g/mol. The predicted molar refractivity (Wildman–Crippen MR) is 78.3 cm³/mol. The summed E-state index contributed by atoms with van der Waals surface area (Å²) >= 11 is 6.19. The van der Waals surface area contributed by atoms with E-state index in [2.05, 4.69) is 0 Å². The number of hydrogen-bond donors (Lipinski definition) is 2. The molecule has 2 rings (SSSR count). The third-order valence-corrected chi connectivity index (χ3v) is 4.29. The second-order valence-corrected chi connectivity index (χ2v) is 5.92. The first-order valence-electron chi connectivity index (χ1n) is 6.81. The molecule has 2 unspecified atom stereocenters. The molecule has 1 heterocycles. The summed E-state index contributed by atoms with van der Waals surface area (Å²) in [6.07, 6.45) is 0.343. The van der Waals surface area contributed by atoms with Crippen molar-refractivity contribution < 1.29 is 19.8 Å². The summed E-state index contributed by atoms with van der Waals surface area (Å²) < 4.78 is 0. The van der Waals surface area contributed by atoms with E-state index in [0.29, 0.717) is 24.5 Å². The monoisotopic (exact) mass is 311 g/mol. The van der Waals surface area contributed by atoms with E-state index in [1.807, 2.05) is 30.0 Å². The van der Waals surface area contributed by atoms with Crippen LogP contribution in [0.2, 0.25) is 5.02 Å². The zero-order valence-corrected chi connectivity index (χ0v) is 12.5. The van der Waals surface area contributed by atoms with Gasteiger partial charge in [0.15, 0.2) is 0 Å². The Morgan fingerprint density at radius 3 is 2.52 bits per heavy atom. The zero-order chi connectivity index (χ0) is 15.6. The molecular weight excluding hydrogens is 294 g/mol. The lowest BCUT2D eigenvalue weighted by molar-refractivity contribution is -0.157. The van der Waals surface area contributed by atoms with Crippen molar-refractivity contribution in [3.63, 3.8) is 0 Å². The molecule has 0 saturated carbocycles. The summed E-state index contributed by atoms with van der Waals surface area (Å²) in [6, 6.07) is 5.76. The first-order valence-corrected chi connectivity index (χ1v) is 7.19. The van der Waals surface area contributed by atoms with Crippen LogP contribution in [-0.2, 0) is 16.1 Å². The van der Waals surface area contributed by atoms with Crippen LogP contribution in [0.4, 0.5) is 0 Å². The standard InChI is InChI=1S/C15H18ClNO4/c1-9-2-3-10(13(16)6-9)7-17-5-4-11(14(18)19)12(8-17)15(20)21/h2-3,6,11-12H,4-5,7-8H2,1H3,(H,18,19)(H,20,21). The predicted octanol–water partition coefficient (Wildman–Crippen LogP) is 2.26. The highest BCUT2D eigenvalue weighted by atomic mass is 35.5. The molecule has 1 aromatic carbocycles. The highest BCUT2D eigenvalue weighted by Crippen LogP contribution is 2.27. The summed E-state index contributed by atoms with van der Waals surface area (Å²) in [5, 5.41) is 19.0. The van der Waals surface area contributed by atoms with Gasteiger partial charge in [-0.05, 0) is 37.1 Å². The Bertz CT molecular complexity index is 561. The van der Waals surface area contributed by atoms with Gasteiger partial charge in [-0.25, -0.2) is 0 Å².